The molecule has 0 saturated heterocycles. The number of hydrogen-bond donors (Lipinski definition) is 3. The molecule has 0 atom stereocenters. The maximum Gasteiger partial charge on any atom is 0.216 e. The van der Waals surface area contributed by atoms with Gasteiger partial charge in [-0.15, -0.1) is 24.0 Å². The normalized spacial score (nSPS) is 12.0. The molecule has 0 fully saturated rings. The van der Waals surface area contributed by atoms with E-state index >= 15 is 0 Å². The Morgan fingerprint density at radius 2 is 1.80 bits per heavy atom. The number of ether oxygens (including phenoxy) is 2. The number of nitrogens with one attached hydrogen (secondary N) is 3. The van der Waals surface area contributed by atoms with Crippen LogP contribution in [-0.4, -0.2) is 60.4 Å². The van der Waals surface area contributed by atoms with Crippen LogP contribution < -0.4 is 15.4 Å². The third-order valence-corrected chi connectivity index (χ3v) is 5.34. The van der Waals surface area contributed by atoms with Gasteiger partial charge in [0.05, 0.1) is 25.5 Å². The number of benzene rings is 1. The number of hydrogen-bond acceptors (Lipinski definition) is 5. The van der Waals surface area contributed by atoms with E-state index in [1.54, 1.807) is 7.11 Å². The van der Waals surface area contributed by atoms with Crippen molar-refractivity contribution in [2.45, 2.75) is 45.5 Å². The topological polar surface area (TPSA) is 101 Å². The minimum atomic E-state index is -3.39. The SMILES string of the molecule is CCNC(=NCc1ccccc1CS(=O)(=O)NC(C)C)NCCCOCCOC.I. The second-order valence-corrected chi connectivity index (χ2v) is 8.63. The lowest BCUT2D eigenvalue weighted by Gasteiger charge is -2.14. The highest BCUT2D eigenvalue weighted by Crippen LogP contribution is 2.13. The number of nitrogens with zero attached hydrogens (tertiary/aromatic N) is 1. The Hall–Kier alpha value is -0.950. The summed E-state index contributed by atoms with van der Waals surface area (Å²) in [7, 11) is -1.73. The van der Waals surface area contributed by atoms with Crippen molar-refractivity contribution < 1.29 is 17.9 Å². The van der Waals surface area contributed by atoms with Crippen molar-refractivity contribution in [2.75, 3.05) is 40.0 Å². The molecule has 0 saturated carbocycles. The summed E-state index contributed by atoms with van der Waals surface area (Å²) in [5.74, 6) is 0.641. The number of aliphatic imine (C=N–C) groups is 1. The number of methoxy groups -OCH3 is 1. The maximum absolute atomic E-state index is 12.3. The molecule has 174 valence electrons. The van der Waals surface area contributed by atoms with Crippen molar-refractivity contribution in [1.82, 2.24) is 15.4 Å². The largest absolute Gasteiger partial charge is 0.382 e. The van der Waals surface area contributed by atoms with Gasteiger partial charge in [-0.05, 0) is 38.3 Å². The summed E-state index contributed by atoms with van der Waals surface area (Å²) in [6, 6.07) is 7.36. The van der Waals surface area contributed by atoms with Gasteiger partial charge in [0.1, 0.15) is 0 Å². The van der Waals surface area contributed by atoms with Crippen molar-refractivity contribution in [3.05, 3.63) is 35.4 Å². The van der Waals surface area contributed by atoms with E-state index in [1.165, 1.54) is 0 Å². The number of guanidine groups is 1. The molecule has 1 aromatic carbocycles. The molecule has 0 aliphatic carbocycles. The highest BCUT2D eigenvalue weighted by Gasteiger charge is 2.15. The van der Waals surface area contributed by atoms with Crippen molar-refractivity contribution in [3.63, 3.8) is 0 Å². The second kappa shape index (κ2) is 16.7. The van der Waals surface area contributed by atoms with Gasteiger partial charge in [-0.2, -0.15) is 0 Å². The molecule has 1 aromatic rings. The van der Waals surface area contributed by atoms with Crippen LogP contribution in [0.25, 0.3) is 0 Å². The van der Waals surface area contributed by atoms with Gasteiger partial charge in [0.25, 0.3) is 0 Å². The molecule has 0 aliphatic heterocycles. The first kappa shape index (κ1) is 29.1. The Bertz CT molecular complexity index is 715. The second-order valence-electron chi connectivity index (χ2n) is 6.88. The molecule has 0 amide bonds. The fraction of sp³-hybridized carbons (Fsp3) is 0.650. The van der Waals surface area contributed by atoms with E-state index in [-0.39, 0.29) is 35.8 Å². The summed E-state index contributed by atoms with van der Waals surface area (Å²) in [6.07, 6.45) is 0.851. The smallest absolute Gasteiger partial charge is 0.216 e. The summed E-state index contributed by atoms with van der Waals surface area (Å²) < 4.78 is 37.6. The molecular weight excluding hydrogens is 519 g/mol. The molecule has 0 aliphatic rings. The van der Waals surface area contributed by atoms with Crippen LogP contribution in [0.3, 0.4) is 0 Å². The molecule has 1 rings (SSSR count). The van der Waals surface area contributed by atoms with Crippen molar-refractivity contribution in [2.24, 2.45) is 4.99 Å². The van der Waals surface area contributed by atoms with Gasteiger partial charge >= 0.3 is 0 Å². The molecule has 3 N–H and O–H groups in total. The fourth-order valence-corrected chi connectivity index (χ4v) is 4.08. The molecule has 0 radical (unpaired) electrons. The van der Waals surface area contributed by atoms with Gasteiger partial charge in [-0.25, -0.2) is 18.1 Å². The van der Waals surface area contributed by atoms with Crippen LogP contribution in [0.15, 0.2) is 29.3 Å². The standard InChI is InChI=1S/C20H36N4O4S.HI/c1-5-21-20(22-11-8-12-28-14-13-27-4)23-15-18-9-6-7-10-19(18)16-29(25,26)24-17(2)3;/h6-7,9-10,17,24H,5,8,11-16H2,1-4H3,(H2,21,22,23);1H. The molecule has 0 aromatic heterocycles. The summed E-state index contributed by atoms with van der Waals surface area (Å²) >= 11 is 0. The van der Waals surface area contributed by atoms with E-state index < -0.39 is 10.0 Å². The van der Waals surface area contributed by atoms with Crippen LogP contribution in [0.4, 0.5) is 0 Å². The Morgan fingerprint density at radius 1 is 1.10 bits per heavy atom. The highest BCUT2D eigenvalue weighted by atomic mass is 127. The third kappa shape index (κ3) is 13.4. The highest BCUT2D eigenvalue weighted by molar-refractivity contribution is 14.0. The van der Waals surface area contributed by atoms with E-state index in [0.717, 1.165) is 30.6 Å². The Labute approximate surface area is 198 Å². The molecule has 0 heterocycles. The summed E-state index contributed by atoms with van der Waals surface area (Å²) in [5, 5.41) is 6.48. The lowest BCUT2D eigenvalue weighted by Crippen LogP contribution is -2.38. The molecule has 0 spiro atoms. The number of rotatable bonds is 14. The molecule has 10 heteroatoms. The summed E-state index contributed by atoms with van der Waals surface area (Å²) in [4.78, 5) is 4.60. The van der Waals surface area contributed by atoms with Crippen LogP contribution in [0.1, 0.15) is 38.3 Å². The zero-order chi connectivity index (χ0) is 21.5. The lowest BCUT2D eigenvalue weighted by molar-refractivity contribution is 0.0698. The summed E-state index contributed by atoms with van der Waals surface area (Å²) in [5.41, 5.74) is 1.65. The van der Waals surface area contributed by atoms with Crippen LogP contribution in [0, 0.1) is 0 Å². The first-order valence-corrected chi connectivity index (χ1v) is 11.7. The minimum absolute atomic E-state index is 0. The van der Waals surface area contributed by atoms with Gasteiger partial charge in [0, 0.05) is 32.8 Å². The van der Waals surface area contributed by atoms with Gasteiger partial charge in [-0.1, -0.05) is 24.3 Å². The van der Waals surface area contributed by atoms with E-state index in [1.807, 2.05) is 45.0 Å². The number of halogens is 1. The predicted molar refractivity (Wildman–Crippen MR) is 133 cm³/mol. The average Bonchev–Trinajstić information content (AvgIpc) is 2.65. The van der Waals surface area contributed by atoms with E-state index in [0.29, 0.717) is 32.3 Å². The van der Waals surface area contributed by atoms with Gasteiger partial charge in [-0.3, -0.25) is 0 Å². The minimum Gasteiger partial charge on any atom is -0.382 e. The molecule has 0 unspecified atom stereocenters. The number of sulfonamides is 1. The zero-order valence-electron chi connectivity index (χ0n) is 18.4. The Kier molecular flexibility index (Phi) is 16.2. The average molecular weight is 557 g/mol. The van der Waals surface area contributed by atoms with E-state index in [9.17, 15) is 8.42 Å². The fourth-order valence-electron chi connectivity index (χ4n) is 2.59. The van der Waals surface area contributed by atoms with Crippen LogP contribution in [-0.2, 0) is 31.8 Å². The molecule has 30 heavy (non-hydrogen) atoms. The first-order valence-electron chi connectivity index (χ1n) is 10.0. The predicted octanol–water partition coefficient (Wildman–Crippen LogP) is 2.24. The van der Waals surface area contributed by atoms with Crippen LogP contribution in [0.5, 0.6) is 0 Å². The maximum atomic E-state index is 12.3. The van der Waals surface area contributed by atoms with Crippen molar-refractivity contribution >= 4 is 40.0 Å². The van der Waals surface area contributed by atoms with E-state index in [4.69, 9.17) is 9.47 Å². The monoisotopic (exact) mass is 556 g/mol. The first-order chi connectivity index (χ1) is 13.9. The third-order valence-electron chi connectivity index (χ3n) is 3.82. The molecule has 0 bridgehead atoms. The van der Waals surface area contributed by atoms with Gasteiger partial charge in [0.2, 0.25) is 10.0 Å². The van der Waals surface area contributed by atoms with Crippen molar-refractivity contribution in [3.8, 4) is 0 Å². The lowest BCUT2D eigenvalue weighted by atomic mass is 10.1. The quantitative estimate of drug-likeness (QED) is 0.141. The van der Waals surface area contributed by atoms with Crippen LogP contribution >= 0.6 is 24.0 Å². The van der Waals surface area contributed by atoms with Gasteiger partial charge < -0.3 is 20.1 Å². The Morgan fingerprint density at radius 3 is 2.43 bits per heavy atom. The Balaban J connectivity index is 0.00000841. The van der Waals surface area contributed by atoms with Crippen LogP contribution in [0.2, 0.25) is 0 Å². The summed E-state index contributed by atoms with van der Waals surface area (Å²) in [6.45, 7) is 9.33. The van der Waals surface area contributed by atoms with Crippen molar-refractivity contribution in [1.29, 1.82) is 0 Å². The zero-order valence-corrected chi connectivity index (χ0v) is 21.6. The molecule has 8 nitrogen and oxygen atoms in total. The molecular formula is C20H37IN4O4S. The van der Waals surface area contributed by atoms with Gasteiger partial charge in [0.15, 0.2) is 5.96 Å². The van der Waals surface area contributed by atoms with E-state index in [2.05, 4.69) is 20.3 Å².